The Balaban J connectivity index is 1.75. The number of hydrogen-bond donors (Lipinski definition) is 1. The summed E-state index contributed by atoms with van der Waals surface area (Å²) in [5.41, 5.74) is 0.483. The highest BCUT2D eigenvalue weighted by Crippen LogP contribution is 2.39. The summed E-state index contributed by atoms with van der Waals surface area (Å²) in [6, 6.07) is 1.64. The molecule has 0 bridgehead atoms. The smallest absolute Gasteiger partial charge is 0.0309 e. The second-order valence-electron chi connectivity index (χ2n) is 6.88. The lowest BCUT2D eigenvalue weighted by Gasteiger charge is -2.49. The van der Waals surface area contributed by atoms with E-state index in [1.165, 1.54) is 64.5 Å². The third kappa shape index (κ3) is 2.71. The maximum atomic E-state index is 3.93. The molecule has 0 aromatic rings. The van der Waals surface area contributed by atoms with Crippen molar-refractivity contribution in [3.63, 3.8) is 0 Å². The summed E-state index contributed by atoms with van der Waals surface area (Å²) < 4.78 is 0. The molecule has 3 unspecified atom stereocenters. The fourth-order valence-corrected chi connectivity index (χ4v) is 5.71. The van der Waals surface area contributed by atoms with E-state index in [2.05, 4.69) is 35.2 Å². The zero-order valence-electron chi connectivity index (χ0n) is 12.7. The van der Waals surface area contributed by atoms with Crippen LogP contribution in [0.3, 0.4) is 0 Å². The van der Waals surface area contributed by atoms with Crippen molar-refractivity contribution in [1.29, 1.82) is 0 Å². The molecule has 2 saturated carbocycles. The van der Waals surface area contributed by atoms with E-state index in [0.717, 1.165) is 17.3 Å². The van der Waals surface area contributed by atoms with Crippen molar-refractivity contribution in [3.05, 3.63) is 0 Å². The molecule has 0 amide bonds. The number of rotatable bonds is 3. The second-order valence-corrected chi connectivity index (χ2v) is 7.95. The zero-order valence-corrected chi connectivity index (χ0v) is 13.5. The van der Waals surface area contributed by atoms with Gasteiger partial charge in [0.05, 0.1) is 0 Å². The van der Waals surface area contributed by atoms with Crippen LogP contribution in [0.4, 0.5) is 0 Å². The highest BCUT2D eigenvalue weighted by atomic mass is 32.2. The molecule has 1 aliphatic heterocycles. The van der Waals surface area contributed by atoms with Crippen LogP contribution in [0.2, 0.25) is 0 Å². The first-order valence-electron chi connectivity index (χ1n) is 8.31. The molecule has 1 spiro atoms. The molecule has 110 valence electrons. The molecule has 3 atom stereocenters. The Morgan fingerprint density at radius 1 is 1.21 bits per heavy atom. The Morgan fingerprint density at radius 2 is 2.00 bits per heavy atom. The minimum absolute atomic E-state index is 0.483. The fraction of sp³-hybridized carbons (Fsp3) is 1.00. The van der Waals surface area contributed by atoms with Crippen molar-refractivity contribution in [2.24, 2.45) is 0 Å². The second kappa shape index (κ2) is 5.95. The quantitative estimate of drug-likeness (QED) is 0.855. The lowest BCUT2D eigenvalue weighted by atomic mass is 9.90. The Morgan fingerprint density at radius 3 is 2.68 bits per heavy atom. The van der Waals surface area contributed by atoms with Gasteiger partial charge in [-0.25, -0.2) is 0 Å². The van der Waals surface area contributed by atoms with Gasteiger partial charge in [-0.05, 0) is 38.4 Å². The van der Waals surface area contributed by atoms with Gasteiger partial charge in [0.2, 0.25) is 0 Å². The Bertz CT molecular complexity index is 301. The van der Waals surface area contributed by atoms with E-state index in [0.29, 0.717) is 5.54 Å². The first-order valence-corrected chi connectivity index (χ1v) is 9.60. The van der Waals surface area contributed by atoms with Crippen LogP contribution >= 0.6 is 11.8 Å². The average Bonchev–Trinajstić information content (AvgIpc) is 3.08. The van der Waals surface area contributed by atoms with Crippen LogP contribution in [0.5, 0.6) is 0 Å². The van der Waals surface area contributed by atoms with Gasteiger partial charge in [0, 0.05) is 36.0 Å². The third-order valence-electron chi connectivity index (χ3n) is 5.85. The molecule has 1 heterocycles. The highest BCUT2D eigenvalue weighted by molar-refractivity contribution is 7.99. The minimum atomic E-state index is 0.483. The Labute approximate surface area is 123 Å². The SMILES string of the molecule is CCC1CNC2(CCCC2)CN1C1CCCC1SC. The van der Waals surface area contributed by atoms with Crippen molar-refractivity contribution < 1.29 is 0 Å². The van der Waals surface area contributed by atoms with Crippen molar-refractivity contribution in [1.82, 2.24) is 10.2 Å². The van der Waals surface area contributed by atoms with Gasteiger partial charge >= 0.3 is 0 Å². The van der Waals surface area contributed by atoms with E-state index in [-0.39, 0.29) is 0 Å². The predicted molar refractivity (Wildman–Crippen MR) is 84.9 cm³/mol. The predicted octanol–water partition coefficient (Wildman–Crippen LogP) is 3.27. The van der Waals surface area contributed by atoms with Crippen molar-refractivity contribution in [2.45, 2.75) is 81.2 Å². The summed E-state index contributed by atoms with van der Waals surface area (Å²) in [7, 11) is 0. The lowest BCUT2D eigenvalue weighted by molar-refractivity contribution is 0.0445. The van der Waals surface area contributed by atoms with E-state index in [9.17, 15) is 0 Å². The molecule has 0 aromatic carbocycles. The van der Waals surface area contributed by atoms with Gasteiger partial charge in [-0.1, -0.05) is 26.2 Å². The molecule has 1 saturated heterocycles. The molecule has 0 radical (unpaired) electrons. The molecule has 3 rings (SSSR count). The van der Waals surface area contributed by atoms with Crippen LogP contribution in [0.25, 0.3) is 0 Å². The molecule has 3 fully saturated rings. The zero-order chi connectivity index (χ0) is 13.3. The minimum Gasteiger partial charge on any atom is -0.308 e. The number of thioether (sulfide) groups is 1. The fourth-order valence-electron chi connectivity index (χ4n) is 4.70. The first kappa shape index (κ1) is 14.2. The van der Waals surface area contributed by atoms with Crippen LogP contribution in [-0.4, -0.2) is 47.1 Å². The van der Waals surface area contributed by atoms with Crippen LogP contribution in [0, 0.1) is 0 Å². The number of hydrogen-bond acceptors (Lipinski definition) is 3. The molecule has 2 aliphatic carbocycles. The Kier molecular flexibility index (Phi) is 4.45. The van der Waals surface area contributed by atoms with E-state index in [4.69, 9.17) is 0 Å². The summed E-state index contributed by atoms with van der Waals surface area (Å²) in [5, 5.41) is 4.83. The van der Waals surface area contributed by atoms with E-state index in [1.54, 1.807) is 0 Å². The van der Waals surface area contributed by atoms with E-state index in [1.807, 2.05) is 0 Å². The van der Waals surface area contributed by atoms with Gasteiger partial charge in [-0.2, -0.15) is 11.8 Å². The molecular weight excluding hydrogens is 252 g/mol. The normalized spacial score (nSPS) is 39.2. The first-order chi connectivity index (χ1) is 9.28. The maximum Gasteiger partial charge on any atom is 0.0309 e. The molecule has 19 heavy (non-hydrogen) atoms. The summed E-state index contributed by atoms with van der Waals surface area (Å²) in [6.45, 7) is 4.93. The Hall–Kier alpha value is 0.270. The van der Waals surface area contributed by atoms with Gasteiger partial charge in [-0.3, -0.25) is 4.90 Å². The molecule has 3 heteroatoms. The van der Waals surface area contributed by atoms with Crippen LogP contribution in [0.1, 0.15) is 58.3 Å². The number of piperazine rings is 1. The van der Waals surface area contributed by atoms with E-state index < -0.39 is 0 Å². The average molecular weight is 282 g/mol. The van der Waals surface area contributed by atoms with E-state index >= 15 is 0 Å². The molecule has 2 nitrogen and oxygen atoms in total. The monoisotopic (exact) mass is 282 g/mol. The standard InChI is InChI=1S/C16H30N2S/c1-3-13-11-17-16(9-4-5-10-16)12-18(13)14-7-6-8-15(14)19-2/h13-15,17H,3-12H2,1-2H3. The largest absolute Gasteiger partial charge is 0.308 e. The van der Waals surface area contributed by atoms with Gasteiger partial charge in [0.15, 0.2) is 0 Å². The lowest BCUT2D eigenvalue weighted by Crippen LogP contribution is -2.65. The van der Waals surface area contributed by atoms with Gasteiger partial charge in [-0.15, -0.1) is 0 Å². The van der Waals surface area contributed by atoms with Crippen LogP contribution in [0.15, 0.2) is 0 Å². The summed E-state index contributed by atoms with van der Waals surface area (Å²) in [5.74, 6) is 0. The number of nitrogens with zero attached hydrogens (tertiary/aromatic N) is 1. The molecular formula is C16H30N2S. The number of nitrogens with one attached hydrogen (secondary N) is 1. The summed E-state index contributed by atoms with van der Waals surface area (Å²) >= 11 is 2.12. The molecule has 1 N–H and O–H groups in total. The summed E-state index contributed by atoms with van der Waals surface area (Å²) in [4.78, 5) is 2.93. The van der Waals surface area contributed by atoms with Crippen LogP contribution in [-0.2, 0) is 0 Å². The molecule has 0 aromatic heterocycles. The van der Waals surface area contributed by atoms with Crippen molar-refractivity contribution >= 4 is 11.8 Å². The van der Waals surface area contributed by atoms with Gasteiger partial charge in [0.1, 0.15) is 0 Å². The highest BCUT2D eigenvalue weighted by Gasteiger charge is 2.44. The summed E-state index contributed by atoms with van der Waals surface area (Å²) in [6.07, 6.45) is 13.7. The van der Waals surface area contributed by atoms with Gasteiger partial charge in [0.25, 0.3) is 0 Å². The maximum absolute atomic E-state index is 3.93. The van der Waals surface area contributed by atoms with Crippen LogP contribution < -0.4 is 5.32 Å². The third-order valence-corrected chi connectivity index (χ3v) is 7.00. The molecule has 3 aliphatic rings. The van der Waals surface area contributed by atoms with Gasteiger partial charge < -0.3 is 5.32 Å². The topological polar surface area (TPSA) is 15.3 Å². The van der Waals surface area contributed by atoms with Crippen molar-refractivity contribution in [2.75, 3.05) is 19.3 Å². The van der Waals surface area contributed by atoms with Crippen molar-refractivity contribution in [3.8, 4) is 0 Å².